The first-order valence-corrected chi connectivity index (χ1v) is 10.1. The van der Waals surface area contributed by atoms with Gasteiger partial charge in [0, 0.05) is 24.2 Å². The van der Waals surface area contributed by atoms with Gasteiger partial charge >= 0.3 is 0 Å². The molecular weight excluding hydrogens is 326 g/mol. The van der Waals surface area contributed by atoms with Crippen molar-refractivity contribution < 1.29 is 13.2 Å². The summed E-state index contributed by atoms with van der Waals surface area (Å²) in [6, 6.07) is 6.61. The van der Waals surface area contributed by atoms with E-state index in [9.17, 15) is 13.2 Å². The second-order valence-electron chi connectivity index (χ2n) is 6.55. The molecule has 1 amide bonds. The van der Waals surface area contributed by atoms with Crippen LogP contribution in [0.2, 0.25) is 0 Å². The van der Waals surface area contributed by atoms with Crippen molar-refractivity contribution in [3.8, 4) is 0 Å². The summed E-state index contributed by atoms with van der Waals surface area (Å²) < 4.78 is 26.9. The number of carbonyl (C=O) groups is 1. The Morgan fingerprint density at radius 2 is 1.92 bits per heavy atom. The molecule has 1 aliphatic carbocycles. The molecule has 132 valence electrons. The predicted octanol–water partition coefficient (Wildman–Crippen LogP) is 1.34. The van der Waals surface area contributed by atoms with E-state index in [1.807, 2.05) is 0 Å². The van der Waals surface area contributed by atoms with E-state index in [0.717, 1.165) is 32.4 Å². The third-order valence-corrected chi connectivity index (χ3v) is 6.27. The van der Waals surface area contributed by atoms with E-state index >= 15 is 0 Å². The van der Waals surface area contributed by atoms with Gasteiger partial charge in [0.25, 0.3) is 5.91 Å². The average Bonchev–Trinajstić information content (AvgIpc) is 3.26. The fourth-order valence-electron chi connectivity index (χ4n) is 3.13. The molecule has 1 atom stereocenters. The van der Waals surface area contributed by atoms with Crippen LogP contribution in [0.1, 0.15) is 43.0 Å². The Kier molecular flexibility index (Phi) is 5.22. The molecule has 2 fully saturated rings. The highest BCUT2D eigenvalue weighted by Gasteiger charge is 2.28. The Hall–Kier alpha value is -1.44. The number of nitrogens with zero attached hydrogens (tertiary/aromatic N) is 1. The third-order valence-electron chi connectivity index (χ3n) is 4.73. The number of likely N-dealkylation sites (tertiary alicyclic amines) is 1. The molecule has 1 aliphatic heterocycles. The maximum absolute atomic E-state index is 12.3. The van der Waals surface area contributed by atoms with Crippen molar-refractivity contribution in [1.82, 2.24) is 14.9 Å². The summed E-state index contributed by atoms with van der Waals surface area (Å²) in [5, 5.41) is 2.96. The summed E-state index contributed by atoms with van der Waals surface area (Å²) in [7, 11) is -3.46. The molecule has 1 aromatic carbocycles. The number of rotatable bonds is 7. The molecule has 0 radical (unpaired) electrons. The SMILES string of the molecule is CCN1CCCC1CNC(=O)c1ccc(S(=O)(=O)NC2CC2)cc1. The van der Waals surface area contributed by atoms with Crippen molar-refractivity contribution in [1.29, 1.82) is 0 Å². The van der Waals surface area contributed by atoms with Gasteiger partial charge in [0.05, 0.1) is 4.90 Å². The smallest absolute Gasteiger partial charge is 0.251 e. The molecule has 2 aliphatic rings. The van der Waals surface area contributed by atoms with E-state index in [1.54, 1.807) is 12.1 Å². The molecule has 1 saturated carbocycles. The van der Waals surface area contributed by atoms with Gasteiger partial charge in [0.1, 0.15) is 0 Å². The summed E-state index contributed by atoms with van der Waals surface area (Å²) >= 11 is 0. The second kappa shape index (κ2) is 7.21. The Balaban J connectivity index is 1.57. The van der Waals surface area contributed by atoms with Crippen LogP contribution in [0.15, 0.2) is 29.2 Å². The first-order chi connectivity index (χ1) is 11.5. The minimum Gasteiger partial charge on any atom is -0.350 e. The molecule has 6 nitrogen and oxygen atoms in total. The van der Waals surface area contributed by atoms with E-state index in [4.69, 9.17) is 0 Å². The van der Waals surface area contributed by atoms with Crippen LogP contribution in [0.4, 0.5) is 0 Å². The molecule has 24 heavy (non-hydrogen) atoms. The van der Waals surface area contributed by atoms with E-state index in [0.29, 0.717) is 18.2 Å². The summed E-state index contributed by atoms with van der Waals surface area (Å²) in [5.41, 5.74) is 0.487. The zero-order valence-electron chi connectivity index (χ0n) is 14.0. The standard InChI is InChI=1S/C17H25N3O3S/c1-2-20-11-3-4-15(20)12-18-17(21)13-5-9-16(10-6-13)24(22,23)19-14-7-8-14/h5-6,9-10,14-15,19H,2-4,7-8,11-12H2,1H3,(H,18,21). The topological polar surface area (TPSA) is 78.5 Å². The van der Waals surface area contributed by atoms with Crippen LogP contribution in [-0.2, 0) is 10.0 Å². The molecule has 1 heterocycles. The van der Waals surface area contributed by atoms with Gasteiger partial charge in [-0.05, 0) is 63.0 Å². The van der Waals surface area contributed by atoms with Crippen LogP contribution in [0.3, 0.4) is 0 Å². The van der Waals surface area contributed by atoms with Gasteiger partial charge in [0.15, 0.2) is 0 Å². The number of nitrogens with one attached hydrogen (secondary N) is 2. The average molecular weight is 351 g/mol. The number of amides is 1. The quantitative estimate of drug-likeness (QED) is 0.777. The lowest BCUT2D eigenvalue weighted by Gasteiger charge is -2.22. The van der Waals surface area contributed by atoms with E-state index in [-0.39, 0.29) is 16.8 Å². The van der Waals surface area contributed by atoms with Crippen molar-refractivity contribution in [3.63, 3.8) is 0 Å². The van der Waals surface area contributed by atoms with Gasteiger partial charge < -0.3 is 5.32 Å². The largest absolute Gasteiger partial charge is 0.350 e. The number of hydrogen-bond donors (Lipinski definition) is 2. The Morgan fingerprint density at radius 1 is 1.21 bits per heavy atom. The van der Waals surface area contributed by atoms with E-state index < -0.39 is 10.0 Å². The summed E-state index contributed by atoms with van der Waals surface area (Å²) in [5.74, 6) is -0.156. The number of hydrogen-bond acceptors (Lipinski definition) is 4. The monoisotopic (exact) mass is 351 g/mol. The van der Waals surface area contributed by atoms with Crippen LogP contribution in [0, 0.1) is 0 Å². The molecule has 1 saturated heterocycles. The molecule has 0 bridgehead atoms. The molecular formula is C17H25N3O3S. The van der Waals surface area contributed by atoms with Gasteiger partial charge in [-0.3, -0.25) is 9.69 Å². The maximum Gasteiger partial charge on any atom is 0.251 e. The van der Waals surface area contributed by atoms with Crippen molar-refractivity contribution >= 4 is 15.9 Å². The molecule has 3 rings (SSSR count). The van der Waals surface area contributed by atoms with Crippen LogP contribution >= 0.6 is 0 Å². The zero-order valence-corrected chi connectivity index (χ0v) is 14.8. The third kappa shape index (κ3) is 4.15. The Bertz CT molecular complexity index is 684. The van der Waals surface area contributed by atoms with Gasteiger partial charge in [0.2, 0.25) is 10.0 Å². The van der Waals surface area contributed by atoms with Crippen molar-refractivity contribution in [3.05, 3.63) is 29.8 Å². The van der Waals surface area contributed by atoms with Crippen molar-refractivity contribution in [2.24, 2.45) is 0 Å². The number of sulfonamides is 1. The Labute approximate surface area is 143 Å². The lowest BCUT2D eigenvalue weighted by atomic mass is 10.2. The van der Waals surface area contributed by atoms with E-state index in [2.05, 4.69) is 21.9 Å². The maximum atomic E-state index is 12.3. The molecule has 1 unspecified atom stereocenters. The first-order valence-electron chi connectivity index (χ1n) is 8.64. The molecule has 0 aromatic heterocycles. The molecule has 7 heteroatoms. The van der Waals surface area contributed by atoms with Crippen LogP contribution in [0.25, 0.3) is 0 Å². The molecule has 2 N–H and O–H groups in total. The highest BCUT2D eigenvalue weighted by Crippen LogP contribution is 2.22. The second-order valence-corrected chi connectivity index (χ2v) is 8.27. The fraction of sp³-hybridized carbons (Fsp3) is 0.588. The summed E-state index contributed by atoms with van der Waals surface area (Å²) in [4.78, 5) is 14.8. The number of benzene rings is 1. The minimum absolute atomic E-state index is 0.0749. The first kappa shape index (κ1) is 17.4. The number of likely N-dealkylation sites (N-methyl/N-ethyl adjacent to an activating group) is 1. The van der Waals surface area contributed by atoms with Gasteiger partial charge in [-0.15, -0.1) is 0 Å². The lowest BCUT2D eigenvalue weighted by molar-refractivity contribution is 0.0941. The normalized spacial score (nSPS) is 21.8. The summed E-state index contributed by atoms with van der Waals surface area (Å²) in [6.45, 7) is 4.86. The predicted molar refractivity (Wildman–Crippen MR) is 92.4 cm³/mol. The van der Waals surface area contributed by atoms with Gasteiger partial charge in [-0.25, -0.2) is 13.1 Å². The lowest BCUT2D eigenvalue weighted by Crippen LogP contribution is -2.40. The summed E-state index contributed by atoms with van der Waals surface area (Å²) in [6.07, 6.45) is 4.08. The molecule has 1 aromatic rings. The fourth-order valence-corrected chi connectivity index (χ4v) is 4.43. The highest BCUT2D eigenvalue weighted by molar-refractivity contribution is 7.89. The molecule has 0 spiro atoms. The van der Waals surface area contributed by atoms with Crippen LogP contribution < -0.4 is 10.0 Å². The zero-order chi connectivity index (χ0) is 17.2. The van der Waals surface area contributed by atoms with Gasteiger partial charge in [-0.1, -0.05) is 6.92 Å². The van der Waals surface area contributed by atoms with Crippen molar-refractivity contribution in [2.75, 3.05) is 19.6 Å². The van der Waals surface area contributed by atoms with Gasteiger partial charge in [-0.2, -0.15) is 0 Å². The van der Waals surface area contributed by atoms with E-state index in [1.165, 1.54) is 18.6 Å². The Morgan fingerprint density at radius 3 is 2.54 bits per heavy atom. The highest BCUT2D eigenvalue weighted by atomic mass is 32.2. The van der Waals surface area contributed by atoms with Crippen LogP contribution in [-0.4, -0.2) is 50.9 Å². The van der Waals surface area contributed by atoms with Crippen molar-refractivity contribution in [2.45, 2.75) is 49.6 Å². The van der Waals surface area contributed by atoms with Crippen LogP contribution in [0.5, 0.6) is 0 Å². The minimum atomic E-state index is -3.46. The number of carbonyl (C=O) groups excluding carboxylic acids is 1.